The van der Waals surface area contributed by atoms with Crippen LogP contribution in [0, 0.1) is 6.92 Å². The predicted octanol–water partition coefficient (Wildman–Crippen LogP) is 3.59. The summed E-state index contributed by atoms with van der Waals surface area (Å²) in [5.74, 6) is -0.381. The van der Waals surface area contributed by atoms with Crippen molar-refractivity contribution in [2.45, 2.75) is 13.8 Å². The lowest BCUT2D eigenvalue weighted by molar-refractivity contribution is 0.0526. The van der Waals surface area contributed by atoms with E-state index in [-0.39, 0.29) is 5.97 Å². The van der Waals surface area contributed by atoms with Crippen molar-refractivity contribution in [2.75, 3.05) is 6.61 Å². The van der Waals surface area contributed by atoms with E-state index < -0.39 is 0 Å². The molecule has 0 heterocycles. The molecule has 0 fully saturated rings. The van der Waals surface area contributed by atoms with Crippen molar-refractivity contribution in [2.24, 2.45) is 0 Å². The third-order valence-corrected chi connectivity index (χ3v) is 2.91. The fourth-order valence-electron chi connectivity index (χ4n) is 1.02. The average molecular weight is 278 g/mol. The molecule has 0 saturated heterocycles. The van der Waals surface area contributed by atoms with Gasteiger partial charge in [0.1, 0.15) is 0 Å². The molecule has 1 aromatic rings. The second kappa shape index (κ2) is 4.80. The number of aryl methyl sites for hydroxylation is 1. The van der Waals surface area contributed by atoms with Gasteiger partial charge in [0, 0.05) is 4.47 Å². The lowest BCUT2D eigenvalue weighted by Crippen LogP contribution is -2.05. The van der Waals surface area contributed by atoms with Crippen LogP contribution in [0.4, 0.5) is 0 Å². The Morgan fingerprint density at radius 1 is 1.57 bits per heavy atom. The van der Waals surface area contributed by atoms with E-state index >= 15 is 0 Å². The Labute approximate surface area is 96.3 Å². The van der Waals surface area contributed by atoms with Gasteiger partial charge in [-0.25, -0.2) is 4.79 Å². The monoisotopic (exact) mass is 276 g/mol. The molecule has 0 atom stereocenters. The zero-order valence-corrected chi connectivity index (χ0v) is 10.3. The van der Waals surface area contributed by atoms with E-state index in [1.165, 1.54) is 0 Å². The lowest BCUT2D eigenvalue weighted by Gasteiger charge is -2.06. The molecule has 0 radical (unpaired) electrons. The Morgan fingerprint density at radius 2 is 2.21 bits per heavy atom. The van der Waals surface area contributed by atoms with Crippen LogP contribution >= 0.6 is 27.5 Å². The molecule has 0 aliphatic heterocycles. The minimum absolute atomic E-state index is 0.351. The third kappa shape index (κ3) is 2.49. The second-order valence-electron chi connectivity index (χ2n) is 2.80. The molecule has 0 unspecified atom stereocenters. The third-order valence-electron chi connectivity index (χ3n) is 1.74. The topological polar surface area (TPSA) is 26.3 Å². The van der Waals surface area contributed by atoms with Gasteiger partial charge in [-0.1, -0.05) is 27.5 Å². The fraction of sp³-hybridized carbons (Fsp3) is 0.300. The molecule has 2 nitrogen and oxygen atoms in total. The van der Waals surface area contributed by atoms with Gasteiger partial charge in [-0.05, 0) is 31.5 Å². The zero-order valence-electron chi connectivity index (χ0n) is 7.93. The first kappa shape index (κ1) is 11.5. The molecule has 0 aliphatic carbocycles. The van der Waals surface area contributed by atoms with Crippen molar-refractivity contribution in [3.63, 3.8) is 0 Å². The summed E-state index contributed by atoms with van der Waals surface area (Å²) in [5, 5.41) is 0.404. The highest BCUT2D eigenvalue weighted by Crippen LogP contribution is 2.25. The molecule has 14 heavy (non-hydrogen) atoms. The molecule has 1 rings (SSSR count). The molecule has 0 amide bonds. The van der Waals surface area contributed by atoms with Crippen molar-refractivity contribution in [3.05, 3.63) is 32.8 Å². The number of ether oxygens (including phenoxy) is 1. The Kier molecular flexibility index (Phi) is 3.96. The summed E-state index contributed by atoms with van der Waals surface area (Å²) >= 11 is 9.23. The highest BCUT2D eigenvalue weighted by Gasteiger charge is 2.12. The maximum absolute atomic E-state index is 11.4. The SMILES string of the molecule is CCOC(=O)c1cc(C)c(Br)cc1Cl. The lowest BCUT2D eigenvalue weighted by atomic mass is 10.1. The smallest absolute Gasteiger partial charge is 0.339 e. The number of halogens is 2. The van der Waals surface area contributed by atoms with E-state index in [2.05, 4.69) is 15.9 Å². The van der Waals surface area contributed by atoms with E-state index in [1.807, 2.05) is 6.92 Å². The molecule has 0 bridgehead atoms. The summed E-state index contributed by atoms with van der Waals surface area (Å²) < 4.78 is 5.75. The van der Waals surface area contributed by atoms with Crippen LogP contribution in [0.3, 0.4) is 0 Å². The Morgan fingerprint density at radius 3 is 2.79 bits per heavy atom. The highest BCUT2D eigenvalue weighted by atomic mass is 79.9. The van der Waals surface area contributed by atoms with Gasteiger partial charge in [-0.15, -0.1) is 0 Å². The number of carbonyl (C=O) groups is 1. The molecule has 4 heteroatoms. The van der Waals surface area contributed by atoms with Crippen LogP contribution in [0.2, 0.25) is 5.02 Å². The molecular formula is C10H10BrClO2. The van der Waals surface area contributed by atoms with E-state index in [0.29, 0.717) is 17.2 Å². The van der Waals surface area contributed by atoms with Crippen LogP contribution in [0.5, 0.6) is 0 Å². The minimum atomic E-state index is -0.381. The summed E-state index contributed by atoms with van der Waals surface area (Å²) in [7, 11) is 0. The van der Waals surface area contributed by atoms with E-state index in [9.17, 15) is 4.79 Å². The van der Waals surface area contributed by atoms with Gasteiger partial charge in [0.2, 0.25) is 0 Å². The van der Waals surface area contributed by atoms with Crippen molar-refractivity contribution < 1.29 is 9.53 Å². The van der Waals surface area contributed by atoms with Gasteiger partial charge in [0.15, 0.2) is 0 Å². The van der Waals surface area contributed by atoms with Gasteiger partial charge in [0.25, 0.3) is 0 Å². The van der Waals surface area contributed by atoms with Crippen LogP contribution in [0.25, 0.3) is 0 Å². The maximum Gasteiger partial charge on any atom is 0.339 e. The second-order valence-corrected chi connectivity index (χ2v) is 4.06. The van der Waals surface area contributed by atoms with Crippen molar-refractivity contribution in [1.82, 2.24) is 0 Å². The first-order valence-corrected chi connectivity index (χ1v) is 5.36. The maximum atomic E-state index is 11.4. The van der Waals surface area contributed by atoms with Gasteiger partial charge < -0.3 is 4.74 Å². The van der Waals surface area contributed by atoms with Crippen LogP contribution in [-0.2, 0) is 4.74 Å². The summed E-state index contributed by atoms with van der Waals surface area (Å²) in [4.78, 5) is 11.4. The fourth-order valence-corrected chi connectivity index (χ4v) is 1.74. The molecule has 0 spiro atoms. The van der Waals surface area contributed by atoms with Gasteiger partial charge in [-0.3, -0.25) is 0 Å². The van der Waals surface area contributed by atoms with Crippen LogP contribution in [0.15, 0.2) is 16.6 Å². The Balaban J connectivity index is 3.09. The summed E-state index contributed by atoms with van der Waals surface area (Å²) in [6, 6.07) is 3.41. The Bertz CT molecular complexity index is 363. The van der Waals surface area contributed by atoms with Crippen molar-refractivity contribution in [3.8, 4) is 0 Å². The molecule has 0 N–H and O–H groups in total. The minimum Gasteiger partial charge on any atom is -0.462 e. The van der Waals surface area contributed by atoms with E-state index in [1.54, 1.807) is 19.1 Å². The summed E-state index contributed by atoms with van der Waals surface area (Å²) in [6.45, 7) is 4.00. The normalized spacial score (nSPS) is 10.0. The number of esters is 1. The number of hydrogen-bond donors (Lipinski definition) is 0. The van der Waals surface area contributed by atoms with Crippen LogP contribution in [-0.4, -0.2) is 12.6 Å². The van der Waals surface area contributed by atoms with E-state index in [0.717, 1.165) is 10.0 Å². The quantitative estimate of drug-likeness (QED) is 0.772. The van der Waals surface area contributed by atoms with Gasteiger partial charge in [-0.2, -0.15) is 0 Å². The van der Waals surface area contributed by atoms with Gasteiger partial charge in [0.05, 0.1) is 17.2 Å². The Hall–Kier alpha value is -0.540. The highest BCUT2D eigenvalue weighted by molar-refractivity contribution is 9.10. The number of rotatable bonds is 2. The predicted molar refractivity (Wildman–Crippen MR) is 59.8 cm³/mol. The average Bonchev–Trinajstić information content (AvgIpc) is 2.11. The van der Waals surface area contributed by atoms with E-state index in [4.69, 9.17) is 16.3 Å². The first-order valence-electron chi connectivity index (χ1n) is 4.19. The summed E-state index contributed by atoms with van der Waals surface area (Å²) in [6.07, 6.45) is 0. The van der Waals surface area contributed by atoms with Gasteiger partial charge >= 0.3 is 5.97 Å². The number of benzene rings is 1. The summed E-state index contributed by atoms with van der Waals surface area (Å²) in [5.41, 5.74) is 1.37. The van der Waals surface area contributed by atoms with Crippen molar-refractivity contribution >= 4 is 33.5 Å². The van der Waals surface area contributed by atoms with Crippen LogP contribution in [0.1, 0.15) is 22.8 Å². The number of carbonyl (C=O) groups excluding carboxylic acids is 1. The van der Waals surface area contributed by atoms with Crippen molar-refractivity contribution in [1.29, 1.82) is 0 Å². The zero-order chi connectivity index (χ0) is 10.7. The standard InChI is InChI=1S/C10H10BrClO2/c1-3-14-10(13)7-4-6(2)8(11)5-9(7)12/h4-5H,3H2,1-2H3. The molecular weight excluding hydrogens is 267 g/mol. The molecule has 0 saturated carbocycles. The van der Waals surface area contributed by atoms with Crippen LogP contribution < -0.4 is 0 Å². The largest absolute Gasteiger partial charge is 0.462 e. The number of hydrogen-bond acceptors (Lipinski definition) is 2. The molecule has 0 aliphatic rings. The molecule has 76 valence electrons. The molecule has 1 aromatic carbocycles. The first-order chi connectivity index (χ1) is 6.56. The molecule has 0 aromatic heterocycles.